The molecule has 0 aromatic rings. The van der Waals surface area contributed by atoms with Gasteiger partial charge in [0, 0.05) is 13.2 Å². The monoisotopic (exact) mass is 176 g/mol. The third-order valence-electron chi connectivity index (χ3n) is 0.511. The Balaban J connectivity index is 3.44. The van der Waals surface area contributed by atoms with Crippen LogP contribution in [0.25, 0.3) is 0 Å². The highest BCUT2D eigenvalue weighted by atomic mass is 79.9. The van der Waals surface area contributed by atoms with E-state index in [1.54, 1.807) is 12.4 Å². The van der Waals surface area contributed by atoms with E-state index in [9.17, 15) is 0 Å². The number of hydrogen-bond donors (Lipinski definition) is 2. The van der Waals surface area contributed by atoms with Gasteiger partial charge in [0.2, 0.25) is 0 Å². The molecule has 3 heteroatoms. The van der Waals surface area contributed by atoms with Crippen molar-refractivity contribution in [3.8, 4) is 0 Å². The van der Waals surface area contributed by atoms with Gasteiger partial charge in [0.15, 0.2) is 0 Å². The van der Waals surface area contributed by atoms with Gasteiger partial charge in [-0.3, -0.25) is 0 Å². The van der Waals surface area contributed by atoms with Gasteiger partial charge < -0.3 is 10.6 Å². The molecule has 0 amide bonds. The lowest BCUT2D eigenvalue weighted by atomic mass is 10.8. The first-order valence-electron chi connectivity index (χ1n) is 2.21. The number of hydrogen-bond acceptors (Lipinski definition) is 2. The largest absolute Gasteiger partial charge is 0.392 e. The van der Waals surface area contributed by atoms with Crippen LogP contribution in [0.4, 0.5) is 0 Å². The molecule has 0 fully saturated rings. The number of halogens is 1. The lowest BCUT2D eigenvalue weighted by Crippen LogP contribution is -2.02. The van der Waals surface area contributed by atoms with E-state index >= 15 is 0 Å². The summed E-state index contributed by atoms with van der Waals surface area (Å²) in [6.45, 7) is 3.47. The van der Waals surface area contributed by atoms with Crippen LogP contribution in [0.3, 0.4) is 0 Å². The quantitative estimate of drug-likeness (QED) is 0.631. The molecule has 0 aliphatic rings. The summed E-state index contributed by atoms with van der Waals surface area (Å²) in [5, 5.41) is 5.66. The number of rotatable bonds is 3. The fraction of sp³-hybridized carbons (Fsp3) is 0.200. The molecule has 0 aromatic heterocycles. The van der Waals surface area contributed by atoms with Crippen LogP contribution in [0.15, 0.2) is 23.6 Å². The predicted octanol–water partition coefficient (Wildman–Crippen LogP) is 1.13. The Morgan fingerprint density at radius 2 is 2.38 bits per heavy atom. The van der Waals surface area contributed by atoms with Gasteiger partial charge in [-0.05, 0) is 22.1 Å². The van der Waals surface area contributed by atoms with Crippen molar-refractivity contribution < 1.29 is 0 Å². The van der Waals surface area contributed by atoms with Crippen LogP contribution in [0.2, 0.25) is 0 Å². The molecule has 2 nitrogen and oxygen atoms in total. The van der Waals surface area contributed by atoms with Crippen molar-refractivity contribution in [2.75, 3.05) is 7.05 Å². The van der Waals surface area contributed by atoms with E-state index in [0.29, 0.717) is 0 Å². The van der Waals surface area contributed by atoms with E-state index in [4.69, 9.17) is 0 Å². The summed E-state index contributed by atoms with van der Waals surface area (Å²) in [7, 11) is 1.83. The Morgan fingerprint density at radius 3 is 2.75 bits per heavy atom. The van der Waals surface area contributed by atoms with Crippen LogP contribution in [0.5, 0.6) is 0 Å². The fourth-order valence-electron chi connectivity index (χ4n) is 0.266. The van der Waals surface area contributed by atoms with Gasteiger partial charge in [-0.2, -0.15) is 0 Å². The van der Waals surface area contributed by atoms with E-state index in [0.717, 1.165) is 4.61 Å². The van der Waals surface area contributed by atoms with Crippen molar-refractivity contribution in [1.82, 2.24) is 10.6 Å². The molecule has 0 aliphatic carbocycles. The zero-order valence-electron chi connectivity index (χ0n) is 4.74. The van der Waals surface area contributed by atoms with Crippen molar-refractivity contribution in [3.63, 3.8) is 0 Å². The molecular weight excluding hydrogens is 168 g/mol. The Bertz CT molecular complexity index is 98.6. The summed E-state index contributed by atoms with van der Waals surface area (Å²) >= 11 is 3.21. The molecular formula is C5H9BrN2. The lowest BCUT2D eigenvalue weighted by Gasteiger charge is -1.94. The van der Waals surface area contributed by atoms with Crippen LogP contribution in [-0.4, -0.2) is 7.05 Å². The summed E-state index contributed by atoms with van der Waals surface area (Å²) in [4.78, 5) is 0. The molecule has 0 radical (unpaired) electrons. The molecule has 0 saturated carbocycles. The molecule has 8 heavy (non-hydrogen) atoms. The maximum atomic E-state index is 3.47. The molecule has 0 bridgehead atoms. The van der Waals surface area contributed by atoms with Crippen molar-refractivity contribution in [2.45, 2.75) is 0 Å². The minimum Gasteiger partial charge on any atom is -0.392 e. The van der Waals surface area contributed by atoms with E-state index in [1.807, 2.05) is 7.05 Å². The summed E-state index contributed by atoms with van der Waals surface area (Å²) < 4.78 is 0.870. The van der Waals surface area contributed by atoms with Crippen LogP contribution < -0.4 is 10.6 Å². The molecule has 2 N–H and O–H groups in total. The summed E-state index contributed by atoms with van der Waals surface area (Å²) in [5.74, 6) is 0. The van der Waals surface area contributed by atoms with Crippen LogP contribution in [0.1, 0.15) is 0 Å². The molecule has 0 aliphatic heterocycles. The highest BCUT2D eigenvalue weighted by molar-refractivity contribution is 9.11. The molecule has 0 spiro atoms. The molecule has 0 atom stereocenters. The highest BCUT2D eigenvalue weighted by Crippen LogP contribution is 1.95. The zero-order valence-corrected chi connectivity index (χ0v) is 6.33. The van der Waals surface area contributed by atoms with Gasteiger partial charge in [0.25, 0.3) is 0 Å². The van der Waals surface area contributed by atoms with E-state index in [2.05, 4.69) is 33.1 Å². The normalized spacial score (nSPS) is 10.5. The predicted molar refractivity (Wildman–Crippen MR) is 39.4 cm³/mol. The van der Waals surface area contributed by atoms with Crippen LogP contribution in [0, 0.1) is 0 Å². The standard InChI is InChI=1S/C5H9BrN2/c1-3-8-5(6)4-7-2/h3-4,7-8H,1H2,2H3/b5-4-. The van der Waals surface area contributed by atoms with Crippen molar-refractivity contribution in [1.29, 1.82) is 0 Å². The van der Waals surface area contributed by atoms with E-state index < -0.39 is 0 Å². The first-order valence-corrected chi connectivity index (χ1v) is 3.01. The van der Waals surface area contributed by atoms with Crippen molar-refractivity contribution >= 4 is 15.9 Å². The summed E-state index contributed by atoms with van der Waals surface area (Å²) in [6.07, 6.45) is 3.37. The van der Waals surface area contributed by atoms with Crippen LogP contribution in [-0.2, 0) is 0 Å². The average Bonchev–Trinajstić information content (AvgIpc) is 1.68. The minimum absolute atomic E-state index is 0.870. The van der Waals surface area contributed by atoms with Crippen LogP contribution >= 0.6 is 15.9 Å². The average molecular weight is 177 g/mol. The first-order chi connectivity index (χ1) is 3.81. The van der Waals surface area contributed by atoms with Gasteiger partial charge in [-0.25, -0.2) is 0 Å². The minimum atomic E-state index is 0.870. The second-order valence-electron chi connectivity index (χ2n) is 1.13. The Labute approximate surface area is 57.8 Å². The van der Waals surface area contributed by atoms with Gasteiger partial charge in [0.05, 0.1) is 4.61 Å². The maximum absolute atomic E-state index is 3.47. The fourth-order valence-corrected chi connectivity index (χ4v) is 0.657. The maximum Gasteiger partial charge on any atom is 0.0978 e. The highest BCUT2D eigenvalue weighted by Gasteiger charge is 1.78. The van der Waals surface area contributed by atoms with Crippen molar-refractivity contribution in [3.05, 3.63) is 23.6 Å². The second-order valence-corrected chi connectivity index (χ2v) is 1.98. The number of nitrogens with one attached hydrogen (secondary N) is 2. The van der Waals surface area contributed by atoms with Gasteiger partial charge >= 0.3 is 0 Å². The third-order valence-corrected chi connectivity index (χ3v) is 0.969. The van der Waals surface area contributed by atoms with Gasteiger partial charge in [-0.1, -0.05) is 6.58 Å². The first kappa shape index (κ1) is 7.56. The Hall–Kier alpha value is -0.440. The molecule has 46 valence electrons. The topological polar surface area (TPSA) is 24.1 Å². The molecule has 0 rings (SSSR count). The second kappa shape index (κ2) is 4.71. The summed E-state index contributed by atoms with van der Waals surface area (Å²) in [6, 6.07) is 0. The molecule has 0 unspecified atom stereocenters. The Kier molecular flexibility index (Phi) is 4.45. The Morgan fingerprint density at radius 1 is 1.75 bits per heavy atom. The van der Waals surface area contributed by atoms with Gasteiger partial charge in [0.1, 0.15) is 0 Å². The summed E-state index contributed by atoms with van der Waals surface area (Å²) in [5.41, 5.74) is 0. The van der Waals surface area contributed by atoms with E-state index in [1.165, 1.54) is 0 Å². The lowest BCUT2D eigenvalue weighted by molar-refractivity contribution is 1.05. The molecule has 0 aromatic carbocycles. The third kappa shape index (κ3) is 3.74. The molecule has 0 heterocycles. The molecule has 0 saturated heterocycles. The zero-order chi connectivity index (χ0) is 6.41. The SMILES string of the molecule is C=CN/C(Br)=C\NC. The van der Waals surface area contributed by atoms with Gasteiger partial charge in [-0.15, -0.1) is 0 Å². The van der Waals surface area contributed by atoms with E-state index in [-0.39, 0.29) is 0 Å². The smallest absolute Gasteiger partial charge is 0.0978 e. The van der Waals surface area contributed by atoms with Crippen molar-refractivity contribution in [2.24, 2.45) is 0 Å².